The normalized spacial score (nSPS) is 11.0. The van der Waals surface area contributed by atoms with Crippen molar-refractivity contribution >= 4 is 10.9 Å². The van der Waals surface area contributed by atoms with Crippen LogP contribution in [0.5, 0.6) is 0 Å². The number of aryl methyl sites for hydroxylation is 1. The molecule has 15 heavy (non-hydrogen) atoms. The molecule has 3 nitrogen and oxygen atoms in total. The fraction of sp³-hybridized carbons (Fsp3) is 0.0833. The Morgan fingerprint density at radius 3 is 3.00 bits per heavy atom. The largest absolute Gasteiger partial charge is 0.361 e. The molecule has 0 fully saturated rings. The van der Waals surface area contributed by atoms with Crippen molar-refractivity contribution in [3.05, 3.63) is 43.0 Å². The molecule has 1 aromatic carbocycles. The fourth-order valence-electron chi connectivity index (χ4n) is 1.77. The zero-order valence-electron chi connectivity index (χ0n) is 8.44. The second-order valence-electron chi connectivity index (χ2n) is 3.70. The number of nitrogens with zero attached hydrogens (tertiary/aromatic N) is 2. The van der Waals surface area contributed by atoms with E-state index < -0.39 is 0 Å². The molecule has 2 aromatic heterocycles. The van der Waals surface area contributed by atoms with Crippen molar-refractivity contribution in [2.75, 3.05) is 0 Å². The Labute approximate surface area is 87.4 Å². The molecular formula is C12H11N3. The van der Waals surface area contributed by atoms with Crippen LogP contribution >= 0.6 is 0 Å². The molecule has 3 rings (SSSR count). The van der Waals surface area contributed by atoms with Gasteiger partial charge in [0.2, 0.25) is 0 Å². The number of hydrogen-bond acceptors (Lipinski definition) is 1. The van der Waals surface area contributed by atoms with Crippen molar-refractivity contribution in [1.29, 1.82) is 0 Å². The quantitative estimate of drug-likeness (QED) is 0.639. The highest BCUT2D eigenvalue weighted by atomic mass is 15.0. The Kier molecular flexibility index (Phi) is 1.65. The maximum absolute atomic E-state index is 4.33. The third-order valence-corrected chi connectivity index (χ3v) is 2.55. The van der Waals surface area contributed by atoms with Gasteiger partial charge in [-0.1, -0.05) is 6.07 Å². The minimum Gasteiger partial charge on any atom is -0.361 e. The highest BCUT2D eigenvalue weighted by Gasteiger charge is 2.02. The predicted molar refractivity (Wildman–Crippen MR) is 60.5 cm³/mol. The van der Waals surface area contributed by atoms with E-state index in [1.807, 2.05) is 30.3 Å². The van der Waals surface area contributed by atoms with Gasteiger partial charge in [0.15, 0.2) is 0 Å². The molecule has 2 heterocycles. The zero-order valence-corrected chi connectivity index (χ0v) is 8.44. The van der Waals surface area contributed by atoms with Crippen LogP contribution in [0.3, 0.4) is 0 Å². The van der Waals surface area contributed by atoms with Gasteiger partial charge in [-0.25, -0.2) is 4.98 Å². The smallest absolute Gasteiger partial charge is 0.0951 e. The molecule has 0 unspecified atom stereocenters. The molecule has 0 aliphatic carbocycles. The molecular weight excluding hydrogens is 186 g/mol. The van der Waals surface area contributed by atoms with Gasteiger partial charge in [0.1, 0.15) is 0 Å². The summed E-state index contributed by atoms with van der Waals surface area (Å²) in [5, 5.41) is 1.22. The summed E-state index contributed by atoms with van der Waals surface area (Å²) in [5.74, 6) is 0. The van der Waals surface area contributed by atoms with E-state index in [2.05, 4.69) is 34.2 Å². The number of imidazole rings is 1. The lowest BCUT2D eigenvalue weighted by Crippen LogP contribution is -1.79. The van der Waals surface area contributed by atoms with Crippen molar-refractivity contribution in [1.82, 2.24) is 14.5 Å². The van der Waals surface area contributed by atoms with E-state index in [1.54, 1.807) is 0 Å². The van der Waals surface area contributed by atoms with Crippen LogP contribution in [0, 0.1) is 0 Å². The van der Waals surface area contributed by atoms with Gasteiger partial charge in [-0.05, 0) is 18.2 Å². The van der Waals surface area contributed by atoms with Crippen LogP contribution in [0.2, 0.25) is 0 Å². The lowest BCUT2D eigenvalue weighted by Gasteiger charge is -1.96. The van der Waals surface area contributed by atoms with Crippen molar-refractivity contribution in [2.24, 2.45) is 7.05 Å². The monoisotopic (exact) mass is 197 g/mol. The third-order valence-electron chi connectivity index (χ3n) is 2.55. The highest BCUT2D eigenvalue weighted by Crippen LogP contribution is 2.21. The van der Waals surface area contributed by atoms with Crippen LogP contribution < -0.4 is 0 Å². The number of aromatic amines is 1. The lowest BCUT2D eigenvalue weighted by molar-refractivity contribution is 0.913. The maximum atomic E-state index is 4.33. The Bertz CT molecular complexity index is 604. The number of nitrogens with one attached hydrogen (secondary N) is 1. The Balaban J connectivity index is 2.18. The minimum absolute atomic E-state index is 1.01. The van der Waals surface area contributed by atoms with Gasteiger partial charge in [-0.2, -0.15) is 0 Å². The summed E-state index contributed by atoms with van der Waals surface area (Å²) in [6.45, 7) is 0. The first-order valence-electron chi connectivity index (χ1n) is 4.88. The lowest BCUT2D eigenvalue weighted by atomic mass is 10.1. The number of hydrogen-bond donors (Lipinski definition) is 1. The number of benzene rings is 1. The number of H-pyrrole nitrogens is 1. The molecule has 1 N–H and O–H groups in total. The van der Waals surface area contributed by atoms with E-state index in [0.717, 1.165) is 16.8 Å². The molecule has 0 saturated heterocycles. The molecule has 0 aliphatic rings. The molecule has 0 atom stereocenters. The van der Waals surface area contributed by atoms with Crippen molar-refractivity contribution in [2.45, 2.75) is 0 Å². The number of rotatable bonds is 1. The Morgan fingerprint density at radius 1 is 1.27 bits per heavy atom. The van der Waals surface area contributed by atoms with Crippen LogP contribution in [0.1, 0.15) is 0 Å². The Morgan fingerprint density at radius 2 is 2.20 bits per heavy atom. The van der Waals surface area contributed by atoms with Crippen LogP contribution in [0.4, 0.5) is 0 Å². The molecule has 74 valence electrons. The number of aromatic nitrogens is 3. The molecule has 0 spiro atoms. The van der Waals surface area contributed by atoms with Gasteiger partial charge in [0.25, 0.3) is 0 Å². The summed E-state index contributed by atoms with van der Waals surface area (Å²) in [6, 6.07) is 8.39. The van der Waals surface area contributed by atoms with Crippen molar-refractivity contribution < 1.29 is 0 Å². The average molecular weight is 197 g/mol. The van der Waals surface area contributed by atoms with Crippen LogP contribution in [-0.2, 0) is 7.05 Å². The highest BCUT2D eigenvalue weighted by molar-refractivity contribution is 5.84. The average Bonchev–Trinajstić information content (AvgIpc) is 2.84. The molecule has 0 amide bonds. The van der Waals surface area contributed by atoms with Gasteiger partial charge in [0, 0.05) is 35.9 Å². The second-order valence-corrected chi connectivity index (χ2v) is 3.70. The summed E-state index contributed by atoms with van der Waals surface area (Å²) in [7, 11) is 1.98. The maximum Gasteiger partial charge on any atom is 0.0951 e. The summed E-state index contributed by atoms with van der Waals surface area (Å²) in [5.41, 5.74) is 3.33. The van der Waals surface area contributed by atoms with E-state index in [0.29, 0.717) is 0 Å². The predicted octanol–water partition coefficient (Wildman–Crippen LogP) is 2.57. The van der Waals surface area contributed by atoms with E-state index in [4.69, 9.17) is 0 Å². The van der Waals surface area contributed by atoms with Gasteiger partial charge >= 0.3 is 0 Å². The van der Waals surface area contributed by atoms with E-state index >= 15 is 0 Å². The molecule has 3 aromatic rings. The minimum atomic E-state index is 1.01. The summed E-state index contributed by atoms with van der Waals surface area (Å²) in [4.78, 5) is 7.51. The van der Waals surface area contributed by atoms with Gasteiger partial charge < -0.3 is 9.55 Å². The van der Waals surface area contributed by atoms with Gasteiger partial charge in [-0.3, -0.25) is 0 Å². The van der Waals surface area contributed by atoms with Gasteiger partial charge in [0.05, 0.1) is 12.0 Å². The van der Waals surface area contributed by atoms with E-state index in [9.17, 15) is 0 Å². The first-order chi connectivity index (χ1) is 7.33. The standard InChI is InChI=1S/C12H11N3/c1-15-7-12(14-8-15)9-2-3-11-10(6-9)4-5-13-11/h2-8,13H,1H3. The number of fused-ring (bicyclic) bond motifs is 1. The van der Waals surface area contributed by atoms with Crippen molar-refractivity contribution in [3.8, 4) is 11.3 Å². The topological polar surface area (TPSA) is 33.6 Å². The molecule has 0 radical (unpaired) electrons. The van der Waals surface area contributed by atoms with Gasteiger partial charge in [-0.15, -0.1) is 0 Å². The zero-order chi connectivity index (χ0) is 10.3. The first-order valence-corrected chi connectivity index (χ1v) is 4.88. The molecule has 0 bridgehead atoms. The molecule has 0 saturated carbocycles. The fourth-order valence-corrected chi connectivity index (χ4v) is 1.77. The van der Waals surface area contributed by atoms with E-state index in [-0.39, 0.29) is 0 Å². The third kappa shape index (κ3) is 1.32. The van der Waals surface area contributed by atoms with Crippen molar-refractivity contribution in [3.63, 3.8) is 0 Å². The Hall–Kier alpha value is -2.03. The second kappa shape index (κ2) is 2.98. The first kappa shape index (κ1) is 8.29. The summed E-state index contributed by atoms with van der Waals surface area (Å²) in [6.07, 6.45) is 5.79. The van der Waals surface area contributed by atoms with Crippen LogP contribution in [-0.4, -0.2) is 14.5 Å². The SMILES string of the molecule is Cn1cnc(-c2ccc3[nH]ccc3c2)c1. The van der Waals surface area contributed by atoms with E-state index in [1.165, 1.54) is 5.39 Å². The molecule has 3 heteroatoms. The van der Waals surface area contributed by atoms with Crippen LogP contribution in [0.25, 0.3) is 22.2 Å². The molecule has 0 aliphatic heterocycles. The van der Waals surface area contributed by atoms with Crippen LogP contribution in [0.15, 0.2) is 43.0 Å². The summed E-state index contributed by atoms with van der Waals surface area (Å²) < 4.78 is 1.96. The summed E-state index contributed by atoms with van der Waals surface area (Å²) >= 11 is 0.